The monoisotopic (exact) mass is 252 g/mol. The zero-order valence-corrected chi connectivity index (χ0v) is 10.7. The van der Waals surface area contributed by atoms with E-state index in [4.69, 9.17) is 14.2 Å². The molecular formula is C14H20O4. The fourth-order valence-corrected chi connectivity index (χ4v) is 2.00. The highest BCUT2D eigenvalue weighted by molar-refractivity contribution is 5.40. The van der Waals surface area contributed by atoms with E-state index in [2.05, 4.69) is 0 Å². The van der Waals surface area contributed by atoms with Crippen molar-refractivity contribution in [3.05, 3.63) is 23.8 Å². The zero-order valence-electron chi connectivity index (χ0n) is 10.7. The quantitative estimate of drug-likeness (QED) is 0.874. The van der Waals surface area contributed by atoms with E-state index in [1.165, 1.54) is 0 Å². The summed E-state index contributed by atoms with van der Waals surface area (Å²) in [7, 11) is 0. The third-order valence-corrected chi connectivity index (χ3v) is 2.91. The van der Waals surface area contributed by atoms with Crippen LogP contribution in [0.25, 0.3) is 0 Å². The van der Waals surface area contributed by atoms with Crippen LogP contribution >= 0.6 is 0 Å². The van der Waals surface area contributed by atoms with E-state index in [1.807, 2.05) is 25.1 Å². The van der Waals surface area contributed by atoms with Gasteiger partial charge in [-0.3, -0.25) is 0 Å². The first-order valence-corrected chi connectivity index (χ1v) is 6.48. The third-order valence-electron chi connectivity index (χ3n) is 2.91. The molecule has 1 aromatic carbocycles. The topological polar surface area (TPSA) is 47.9 Å². The summed E-state index contributed by atoms with van der Waals surface area (Å²) in [5.41, 5.74) is 0.741. The van der Waals surface area contributed by atoms with Crippen molar-refractivity contribution in [3.8, 4) is 11.5 Å². The van der Waals surface area contributed by atoms with Gasteiger partial charge in [0.2, 0.25) is 0 Å². The smallest absolute Gasteiger partial charge is 0.199 e. The highest BCUT2D eigenvalue weighted by Gasteiger charge is 2.15. The van der Waals surface area contributed by atoms with E-state index in [1.54, 1.807) is 0 Å². The number of aliphatic hydroxyl groups is 1. The number of aliphatic hydroxyl groups excluding tert-OH is 1. The van der Waals surface area contributed by atoms with Crippen LogP contribution in [-0.4, -0.2) is 24.6 Å². The number of hydrogen-bond donors (Lipinski definition) is 1. The molecule has 18 heavy (non-hydrogen) atoms. The number of rotatable bonds is 5. The van der Waals surface area contributed by atoms with Crippen LogP contribution in [0.2, 0.25) is 0 Å². The van der Waals surface area contributed by atoms with Crippen molar-refractivity contribution in [2.75, 3.05) is 13.2 Å². The van der Waals surface area contributed by atoms with Gasteiger partial charge in [0, 0.05) is 12.0 Å². The first-order valence-electron chi connectivity index (χ1n) is 6.48. The molecule has 1 aromatic rings. The van der Waals surface area contributed by atoms with Crippen molar-refractivity contribution in [1.82, 2.24) is 0 Å². The highest BCUT2D eigenvalue weighted by atomic mass is 16.7. The van der Waals surface area contributed by atoms with Crippen molar-refractivity contribution < 1.29 is 19.3 Å². The lowest BCUT2D eigenvalue weighted by atomic mass is 10.2. The van der Waals surface area contributed by atoms with E-state index in [0.717, 1.165) is 37.2 Å². The number of ether oxygens (including phenoxy) is 3. The van der Waals surface area contributed by atoms with E-state index in [-0.39, 0.29) is 12.9 Å². The molecule has 0 amide bonds. The van der Waals surface area contributed by atoms with Crippen LogP contribution in [0.3, 0.4) is 0 Å². The predicted molar refractivity (Wildman–Crippen MR) is 67.8 cm³/mol. The lowest BCUT2D eigenvalue weighted by molar-refractivity contribution is -0.105. The Morgan fingerprint density at radius 1 is 1.39 bits per heavy atom. The number of benzene rings is 1. The molecule has 2 rings (SSSR count). The maximum atomic E-state index is 9.31. The predicted octanol–water partition coefficient (Wildman–Crippen LogP) is 2.48. The third kappa shape index (κ3) is 3.37. The summed E-state index contributed by atoms with van der Waals surface area (Å²) in [6.45, 7) is 3.20. The Morgan fingerprint density at radius 2 is 2.28 bits per heavy atom. The standard InChI is InChI=1S/C14H20O4/c1-2-16-13-7-6-12(9-11(13)10-15)18-14-5-3-4-8-17-14/h6-7,9,14-15H,2-5,8,10H2,1H3/t14-/m1/s1. The molecule has 1 heterocycles. The van der Waals surface area contributed by atoms with Crippen LogP contribution in [0.5, 0.6) is 11.5 Å². The molecule has 0 unspecified atom stereocenters. The van der Waals surface area contributed by atoms with Gasteiger partial charge < -0.3 is 19.3 Å². The van der Waals surface area contributed by atoms with Crippen LogP contribution in [-0.2, 0) is 11.3 Å². The maximum Gasteiger partial charge on any atom is 0.199 e. The molecule has 1 aliphatic heterocycles. The second-order valence-electron chi connectivity index (χ2n) is 4.27. The normalized spacial score (nSPS) is 19.6. The number of hydrogen-bond acceptors (Lipinski definition) is 4. The van der Waals surface area contributed by atoms with Gasteiger partial charge in [-0.15, -0.1) is 0 Å². The minimum Gasteiger partial charge on any atom is -0.494 e. The summed E-state index contributed by atoms with van der Waals surface area (Å²) in [6, 6.07) is 5.48. The molecule has 100 valence electrons. The van der Waals surface area contributed by atoms with Gasteiger partial charge in [0.15, 0.2) is 6.29 Å². The van der Waals surface area contributed by atoms with Crippen LogP contribution in [0.1, 0.15) is 31.7 Å². The largest absolute Gasteiger partial charge is 0.494 e. The molecule has 0 bridgehead atoms. The summed E-state index contributed by atoms with van der Waals surface area (Å²) in [5.74, 6) is 1.42. The Balaban J connectivity index is 2.04. The Hall–Kier alpha value is -1.26. The van der Waals surface area contributed by atoms with Crippen molar-refractivity contribution in [2.45, 2.75) is 39.1 Å². The maximum absolute atomic E-state index is 9.31. The SMILES string of the molecule is CCOc1ccc(O[C@@H]2CCCCO2)cc1CO. The molecule has 1 atom stereocenters. The second kappa shape index (κ2) is 6.61. The molecule has 1 aliphatic rings. The van der Waals surface area contributed by atoms with Gasteiger partial charge in [-0.05, 0) is 38.0 Å². The Kier molecular flexibility index (Phi) is 4.84. The summed E-state index contributed by atoms with van der Waals surface area (Å²) >= 11 is 0. The molecule has 0 spiro atoms. The first kappa shape index (κ1) is 13.2. The molecule has 0 saturated carbocycles. The van der Waals surface area contributed by atoms with Gasteiger partial charge in [-0.2, -0.15) is 0 Å². The Morgan fingerprint density at radius 3 is 2.94 bits per heavy atom. The lowest BCUT2D eigenvalue weighted by Gasteiger charge is -2.23. The van der Waals surface area contributed by atoms with E-state index in [9.17, 15) is 5.11 Å². The zero-order chi connectivity index (χ0) is 12.8. The lowest BCUT2D eigenvalue weighted by Crippen LogP contribution is -2.25. The van der Waals surface area contributed by atoms with Gasteiger partial charge in [-0.1, -0.05) is 0 Å². The molecule has 0 aliphatic carbocycles. The molecule has 1 saturated heterocycles. The van der Waals surface area contributed by atoms with Crippen molar-refractivity contribution in [3.63, 3.8) is 0 Å². The van der Waals surface area contributed by atoms with Crippen LogP contribution in [0.4, 0.5) is 0 Å². The molecule has 0 radical (unpaired) electrons. The first-order chi connectivity index (χ1) is 8.83. The summed E-state index contributed by atoms with van der Waals surface area (Å²) < 4.78 is 16.7. The highest BCUT2D eigenvalue weighted by Crippen LogP contribution is 2.26. The fraction of sp³-hybridized carbons (Fsp3) is 0.571. The van der Waals surface area contributed by atoms with Crippen molar-refractivity contribution in [2.24, 2.45) is 0 Å². The van der Waals surface area contributed by atoms with Crippen LogP contribution in [0, 0.1) is 0 Å². The molecular weight excluding hydrogens is 232 g/mol. The minimum absolute atomic E-state index is 0.0575. The van der Waals surface area contributed by atoms with Gasteiger partial charge >= 0.3 is 0 Å². The molecule has 1 N–H and O–H groups in total. The van der Waals surface area contributed by atoms with Crippen molar-refractivity contribution in [1.29, 1.82) is 0 Å². The molecule has 0 aromatic heterocycles. The van der Waals surface area contributed by atoms with E-state index in [0.29, 0.717) is 12.4 Å². The van der Waals surface area contributed by atoms with Crippen LogP contribution < -0.4 is 9.47 Å². The molecule has 1 fully saturated rings. The van der Waals surface area contributed by atoms with E-state index >= 15 is 0 Å². The van der Waals surface area contributed by atoms with Gasteiger partial charge in [-0.25, -0.2) is 0 Å². The Labute approximate surface area is 107 Å². The summed E-state index contributed by atoms with van der Waals surface area (Å²) in [5, 5.41) is 9.31. The average molecular weight is 252 g/mol. The Bertz CT molecular complexity index is 372. The minimum atomic E-state index is -0.164. The summed E-state index contributed by atoms with van der Waals surface area (Å²) in [4.78, 5) is 0. The summed E-state index contributed by atoms with van der Waals surface area (Å²) in [6.07, 6.45) is 2.99. The fourth-order valence-electron chi connectivity index (χ4n) is 2.00. The van der Waals surface area contributed by atoms with Gasteiger partial charge in [0.25, 0.3) is 0 Å². The average Bonchev–Trinajstić information content (AvgIpc) is 2.42. The molecule has 4 heteroatoms. The van der Waals surface area contributed by atoms with Gasteiger partial charge in [0.05, 0.1) is 19.8 Å². The van der Waals surface area contributed by atoms with Crippen LogP contribution in [0.15, 0.2) is 18.2 Å². The van der Waals surface area contributed by atoms with Gasteiger partial charge in [0.1, 0.15) is 11.5 Å². The van der Waals surface area contributed by atoms with E-state index < -0.39 is 0 Å². The molecule has 4 nitrogen and oxygen atoms in total. The van der Waals surface area contributed by atoms with Crippen molar-refractivity contribution >= 4 is 0 Å². The second-order valence-corrected chi connectivity index (χ2v) is 4.27.